The van der Waals surface area contributed by atoms with E-state index in [2.05, 4.69) is 4.98 Å². The lowest BCUT2D eigenvalue weighted by Crippen LogP contribution is -2.07. The number of aromatic nitrogens is 2. The highest BCUT2D eigenvalue weighted by Crippen LogP contribution is 2.29. The minimum atomic E-state index is -2.67. The molecular weight excluding hydrogens is 270 g/mol. The van der Waals surface area contributed by atoms with Crippen LogP contribution < -0.4 is 9.47 Å². The molecule has 0 radical (unpaired) electrons. The van der Waals surface area contributed by atoms with Crippen molar-refractivity contribution in [2.24, 2.45) is 0 Å². The third-order valence-electron chi connectivity index (χ3n) is 2.73. The van der Waals surface area contributed by atoms with E-state index in [0.717, 1.165) is 4.57 Å². The molecular formula is C13H14F2N2O3. The number of rotatable bonds is 6. The molecule has 1 heterocycles. The van der Waals surface area contributed by atoms with Gasteiger partial charge in [0.15, 0.2) is 17.3 Å². The maximum absolute atomic E-state index is 12.7. The highest BCUT2D eigenvalue weighted by molar-refractivity contribution is 5.42. The number of hydrogen-bond donors (Lipinski definition) is 1. The van der Waals surface area contributed by atoms with Gasteiger partial charge in [-0.2, -0.15) is 8.78 Å². The minimum Gasteiger partial charge on any atom is -0.493 e. The molecule has 2 rings (SSSR count). The lowest BCUT2D eigenvalue weighted by molar-refractivity contribution is 0.0631. The van der Waals surface area contributed by atoms with E-state index in [4.69, 9.17) is 14.6 Å². The van der Waals surface area contributed by atoms with Crippen LogP contribution in [-0.2, 0) is 13.2 Å². The minimum absolute atomic E-state index is 0.108. The normalized spacial score (nSPS) is 10.8. The zero-order valence-corrected chi connectivity index (χ0v) is 10.8. The van der Waals surface area contributed by atoms with Crippen LogP contribution in [0, 0.1) is 0 Å². The van der Waals surface area contributed by atoms with Gasteiger partial charge in [0.1, 0.15) is 6.61 Å². The first-order chi connectivity index (χ1) is 9.65. The van der Waals surface area contributed by atoms with E-state index in [1.807, 2.05) is 0 Å². The molecule has 0 spiro atoms. The van der Waals surface area contributed by atoms with Crippen molar-refractivity contribution < 1.29 is 23.4 Å². The van der Waals surface area contributed by atoms with E-state index in [1.54, 1.807) is 18.2 Å². The van der Waals surface area contributed by atoms with E-state index in [0.29, 0.717) is 17.1 Å². The molecule has 108 valence electrons. The van der Waals surface area contributed by atoms with Crippen LogP contribution in [0.5, 0.6) is 11.5 Å². The van der Waals surface area contributed by atoms with Crippen LogP contribution in [0.4, 0.5) is 8.78 Å². The molecule has 0 saturated heterocycles. The van der Waals surface area contributed by atoms with Gasteiger partial charge in [-0.1, -0.05) is 6.07 Å². The van der Waals surface area contributed by atoms with Crippen molar-refractivity contribution in [2.75, 3.05) is 7.11 Å². The molecule has 0 aliphatic carbocycles. The van der Waals surface area contributed by atoms with Gasteiger partial charge in [0.25, 0.3) is 0 Å². The lowest BCUT2D eigenvalue weighted by atomic mass is 10.2. The Morgan fingerprint density at radius 3 is 2.80 bits per heavy atom. The van der Waals surface area contributed by atoms with E-state index < -0.39 is 6.55 Å². The fourth-order valence-electron chi connectivity index (χ4n) is 1.71. The first-order valence-corrected chi connectivity index (χ1v) is 5.86. The topological polar surface area (TPSA) is 56.5 Å². The first-order valence-electron chi connectivity index (χ1n) is 5.86. The van der Waals surface area contributed by atoms with Crippen LogP contribution in [0.15, 0.2) is 30.6 Å². The van der Waals surface area contributed by atoms with Gasteiger partial charge in [-0.3, -0.25) is 4.57 Å². The summed E-state index contributed by atoms with van der Waals surface area (Å²) in [7, 11) is 1.47. The maximum atomic E-state index is 12.7. The number of hydrogen-bond acceptors (Lipinski definition) is 4. The zero-order valence-electron chi connectivity index (χ0n) is 10.8. The number of alkyl halides is 2. The van der Waals surface area contributed by atoms with Crippen molar-refractivity contribution in [2.45, 2.75) is 19.8 Å². The molecule has 1 aromatic heterocycles. The Bertz CT molecular complexity index is 572. The Labute approximate surface area is 114 Å². The van der Waals surface area contributed by atoms with Gasteiger partial charge in [0.2, 0.25) is 0 Å². The summed E-state index contributed by atoms with van der Waals surface area (Å²) in [4.78, 5) is 3.82. The number of methoxy groups -OCH3 is 1. The fraction of sp³-hybridized carbons (Fsp3) is 0.308. The SMILES string of the molecule is COc1ccc(CO)cc1OCc1nccn1C(F)F. The summed E-state index contributed by atoms with van der Waals surface area (Å²) in [6.07, 6.45) is 2.47. The number of ether oxygens (including phenoxy) is 2. The Morgan fingerprint density at radius 2 is 2.15 bits per heavy atom. The second-order valence-electron chi connectivity index (χ2n) is 3.96. The molecule has 0 saturated carbocycles. The number of aliphatic hydroxyl groups is 1. The van der Waals surface area contributed by atoms with Crippen LogP contribution in [0.25, 0.3) is 0 Å². The van der Waals surface area contributed by atoms with E-state index in [-0.39, 0.29) is 19.0 Å². The zero-order chi connectivity index (χ0) is 14.5. The van der Waals surface area contributed by atoms with Crippen LogP contribution in [0.1, 0.15) is 17.9 Å². The monoisotopic (exact) mass is 284 g/mol. The number of benzene rings is 1. The van der Waals surface area contributed by atoms with E-state index in [9.17, 15) is 8.78 Å². The van der Waals surface area contributed by atoms with Crippen LogP contribution in [0.2, 0.25) is 0 Å². The molecule has 7 heteroatoms. The molecule has 0 fully saturated rings. The largest absolute Gasteiger partial charge is 0.493 e. The van der Waals surface area contributed by atoms with Crippen LogP contribution in [-0.4, -0.2) is 21.8 Å². The number of halogens is 2. The molecule has 1 N–H and O–H groups in total. The summed E-state index contributed by atoms with van der Waals surface area (Å²) in [6, 6.07) is 4.92. The quantitative estimate of drug-likeness (QED) is 0.884. The van der Waals surface area contributed by atoms with Crippen molar-refractivity contribution in [1.29, 1.82) is 0 Å². The van der Waals surface area contributed by atoms with Crippen molar-refractivity contribution in [3.05, 3.63) is 42.0 Å². The van der Waals surface area contributed by atoms with Crippen LogP contribution >= 0.6 is 0 Å². The second kappa shape index (κ2) is 6.33. The smallest absolute Gasteiger partial charge is 0.320 e. The second-order valence-corrected chi connectivity index (χ2v) is 3.96. The first kappa shape index (κ1) is 14.3. The third kappa shape index (κ3) is 3.05. The van der Waals surface area contributed by atoms with Crippen molar-refractivity contribution in [3.8, 4) is 11.5 Å². The Hall–Kier alpha value is -2.15. The van der Waals surface area contributed by atoms with Gasteiger partial charge in [0, 0.05) is 12.4 Å². The summed E-state index contributed by atoms with van der Waals surface area (Å²) in [6.45, 7) is -2.93. The molecule has 0 atom stereocenters. The predicted octanol–water partition coefficient (Wildman–Crippen LogP) is 2.36. The summed E-state index contributed by atoms with van der Waals surface area (Å²) >= 11 is 0. The Balaban J connectivity index is 2.15. The molecule has 2 aromatic rings. The number of nitrogens with zero attached hydrogens (tertiary/aromatic N) is 2. The molecule has 0 aliphatic heterocycles. The van der Waals surface area contributed by atoms with Crippen molar-refractivity contribution >= 4 is 0 Å². The van der Waals surface area contributed by atoms with E-state index >= 15 is 0 Å². The van der Waals surface area contributed by atoms with Crippen molar-refractivity contribution in [1.82, 2.24) is 9.55 Å². The average molecular weight is 284 g/mol. The number of imidazole rings is 1. The third-order valence-corrected chi connectivity index (χ3v) is 2.73. The highest BCUT2D eigenvalue weighted by Gasteiger charge is 2.13. The van der Waals surface area contributed by atoms with Gasteiger partial charge >= 0.3 is 6.55 Å². The molecule has 5 nitrogen and oxygen atoms in total. The molecule has 20 heavy (non-hydrogen) atoms. The lowest BCUT2D eigenvalue weighted by Gasteiger charge is -2.12. The molecule has 0 amide bonds. The highest BCUT2D eigenvalue weighted by atomic mass is 19.3. The molecule has 0 bridgehead atoms. The van der Waals surface area contributed by atoms with Gasteiger partial charge in [-0.15, -0.1) is 0 Å². The average Bonchev–Trinajstić information content (AvgIpc) is 2.93. The summed E-state index contributed by atoms with van der Waals surface area (Å²) < 4.78 is 36.6. The molecule has 0 aliphatic rings. The maximum Gasteiger partial charge on any atom is 0.320 e. The van der Waals surface area contributed by atoms with Gasteiger partial charge in [-0.25, -0.2) is 4.98 Å². The van der Waals surface area contributed by atoms with E-state index in [1.165, 1.54) is 19.5 Å². The fourth-order valence-corrected chi connectivity index (χ4v) is 1.71. The predicted molar refractivity (Wildman–Crippen MR) is 66.7 cm³/mol. The molecule has 0 unspecified atom stereocenters. The standard InChI is InChI=1S/C13H14F2N2O3/c1-19-10-3-2-9(7-18)6-11(10)20-8-12-16-4-5-17(12)13(14)15/h2-6,13,18H,7-8H2,1H3. The van der Waals surface area contributed by atoms with Crippen LogP contribution in [0.3, 0.4) is 0 Å². The Kier molecular flexibility index (Phi) is 4.52. The Morgan fingerprint density at radius 1 is 1.35 bits per heavy atom. The number of aliphatic hydroxyl groups excluding tert-OH is 1. The molecule has 1 aromatic carbocycles. The van der Waals surface area contributed by atoms with Gasteiger partial charge in [0.05, 0.1) is 13.7 Å². The van der Waals surface area contributed by atoms with Gasteiger partial charge in [-0.05, 0) is 17.7 Å². The summed E-state index contributed by atoms with van der Waals surface area (Å²) in [5.74, 6) is 0.927. The van der Waals surface area contributed by atoms with Gasteiger partial charge < -0.3 is 14.6 Å². The summed E-state index contributed by atoms with van der Waals surface area (Å²) in [5.41, 5.74) is 0.637. The van der Waals surface area contributed by atoms with Crippen molar-refractivity contribution in [3.63, 3.8) is 0 Å². The summed E-state index contributed by atoms with van der Waals surface area (Å²) in [5, 5.41) is 9.08.